The lowest BCUT2D eigenvalue weighted by Gasteiger charge is -2.14. The molecule has 1 aromatic heterocycles. The SMILES string of the molecule is CCCn1c(=O)c2c(c3ccccc31)OCCNC2=O. The average Bonchev–Trinajstić information content (AvgIpc) is 2.65. The number of aromatic nitrogens is 1. The second-order valence-corrected chi connectivity index (χ2v) is 4.78. The lowest BCUT2D eigenvalue weighted by atomic mass is 10.1. The van der Waals surface area contributed by atoms with E-state index in [1.807, 2.05) is 31.2 Å². The van der Waals surface area contributed by atoms with Crippen molar-refractivity contribution in [3.05, 3.63) is 40.2 Å². The molecule has 0 saturated carbocycles. The number of carbonyl (C=O) groups excluding carboxylic acids is 1. The minimum atomic E-state index is -0.349. The van der Waals surface area contributed by atoms with Crippen LogP contribution in [0.15, 0.2) is 29.1 Å². The first kappa shape index (κ1) is 12.7. The van der Waals surface area contributed by atoms with Gasteiger partial charge in [0.15, 0.2) is 0 Å². The number of benzene rings is 1. The zero-order chi connectivity index (χ0) is 14.1. The number of pyridine rings is 1. The third-order valence-corrected chi connectivity index (χ3v) is 3.43. The van der Waals surface area contributed by atoms with E-state index < -0.39 is 0 Å². The van der Waals surface area contributed by atoms with Crippen molar-refractivity contribution in [1.82, 2.24) is 9.88 Å². The van der Waals surface area contributed by atoms with Crippen LogP contribution in [0.3, 0.4) is 0 Å². The van der Waals surface area contributed by atoms with Crippen LogP contribution in [0.1, 0.15) is 23.7 Å². The first-order valence-electron chi connectivity index (χ1n) is 6.80. The number of ether oxygens (including phenoxy) is 1. The minimum Gasteiger partial charge on any atom is -0.490 e. The van der Waals surface area contributed by atoms with Crippen LogP contribution in [0.4, 0.5) is 0 Å². The fourth-order valence-corrected chi connectivity index (χ4v) is 2.58. The molecule has 1 amide bonds. The van der Waals surface area contributed by atoms with Gasteiger partial charge in [0.1, 0.15) is 17.9 Å². The molecule has 3 rings (SSSR count). The molecule has 1 aliphatic rings. The molecule has 104 valence electrons. The Labute approximate surface area is 116 Å². The Hall–Kier alpha value is -2.30. The van der Waals surface area contributed by atoms with Gasteiger partial charge in [-0.25, -0.2) is 0 Å². The maximum absolute atomic E-state index is 12.6. The molecule has 2 heterocycles. The molecule has 20 heavy (non-hydrogen) atoms. The summed E-state index contributed by atoms with van der Waals surface area (Å²) in [6, 6.07) is 7.55. The molecular weight excluding hydrogens is 256 g/mol. The third-order valence-electron chi connectivity index (χ3n) is 3.43. The summed E-state index contributed by atoms with van der Waals surface area (Å²) in [5, 5.41) is 3.51. The second kappa shape index (κ2) is 5.00. The molecule has 5 nitrogen and oxygen atoms in total. The zero-order valence-electron chi connectivity index (χ0n) is 11.3. The molecule has 5 heteroatoms. The van der Waals surface area contributed by atoms with E-state index in [9.17, 15) is 9.59 Å². The number of amides is 1. The van der Waals surface area contributed by atoms with Crippen molar-refractivity contribution < 1.29 is 9.53 Å². The Morgan fingerprint density at radius 1 is 1.30 bits per heavy atom. The van der Waals surface area contributed by atoms with Gasteiger partial charge < -0.3 is 14.6 Å². The number of nitrogens with zero attached hydrogens (tertiary/aromatic N) is 1. The largest absolute Gasteiger partial charge is 0.490 e. The van der Waals surface area contributed by atoms with Crippen LogP contribution in [0.2, 0.25) is 0 Å². The van der Waals surface area contributed by atoms with E-state index in [1.54, 1.807) is 4.57 Å². The van der Waals surface area contributed by atoms with E-state index in [0.29, 0.717) is 25.4 Å². The van der Waals surface area contributed by atoms with Crippen molar-refractivity contribution in [2.75, 3.05) is 13.2 Å². The van der Waals surface area contributed by atoms with Crippen LogP contribution in [0.25, 0.3) is 10.9 Å². The number of hydrogen-bond donors (Lipinski definition) is 1. The molecule has 1 N–H and O–H groups in total. The Morgan fingerprint density at radius 3 is 2.90 bits per heavy atom. The quantitative estimate of drug-likeness (QED) is 0.902. The topological polar surface area (TPSA) is 60.3 Å². The molecule has 0 radical (unpaired) electrons. The molecule has 1 aromatic carbocycles. The van der Waals surface area contributed by atoms with E-state index in [1.165, 1.54) is 0 Å². The standard InChI is InChI=1S/C15H16N2O3/c1-2-8-17-11-6-4-3-5-10(11)13-12(15(17)19)14(18)16-7-9-20-13/h3-6H,2,7-9H2,1H3,(H,16,18). The number of para-hydroxylation sites is 1. The van der Waals surface area contributed by atoms with Crippen LogP contribution >= 0.6 is 0 Å². The lowest BCUT2D eigenvalue weighted by Crippen LogP contribution is -2.32. The molecule has 0 aliphatic carbocycles. The number of carbonyl (C=O) groups is 1. The molecule has 0 spiro atoms. The summed E-state index contributed by atoms with van der Waals surface area (Å²) < 4.78 is 7.30. The van der Waals surface area contributed by atoms with Gasteiger partial charge in [0.05, 0.1) is 12.1 Å². The van der Waals surface area contributed by atoms with E-state index in [-0.39, 0.29) is 17.0 Å². The summed E-state index contributed by atoms with van der Waals surface area (Å²) >= 11 is 0. The van der Waals surface area contributed by atoms with Crippen LogP contribution in [0, 0.1) is 0 Å². The van der Waals surface area contributed by atoms with E-state index in [4.69, 9.17) is 4.74 Å². The molecule has 0 atom stereocenters. The number of fused-ring (bicyclic) bond motifs is 3. The predicted octanol–water partition coefficient (Wildman–Crippen LogP) is 1.53. The molecule has 0 saturated heterocycles. The van der Waals surface area contributed by atoms with Gasteiger partial charge in [-0.05, 0) is 18.6 Å². The maximum atomic E-state index is 12.6. The van der Waals surface area contributed by atoms with Gasteiger partial charge in [-0.15, -0.1) is 0 Å². The minimum absolute atomic E-state index is 0.120. The van der Waals surface area contributed by atoms with Gasteiger partial charge in [-0.3, -0.25) is 9.59 Å². The second-order valence-electron chi connectivity index (χ2n) is 4.78. The van der Waals surface area contributed by atoms with Crippen molar-refractivity contribution >= 4 is 16.8 Å². The predicted molar refractivity (Wildman–Crippen MR) is 76.3 cm³/mol. The normalized spacial score (nSPS) is 14.3. The summed E-state index contributed by atoms with van der Waals surface area (Å²) in [7, 11) is 0. The Bertz CT molecular complexity index is 734. The number of rotatable bonds is 2. The van der Waals surface area contributed by atoms with Gasteiger partial charge in [-0.2, -0.15) is 0 Å². The fraction of sp³-hybridized carbons (Fsp3) is 0.333. The van der Waals surface area contributed by atoms with E-state index in [2.05, 4.69) is 5.32 Å². The smallest absolute Gasteiger partial charge is 0.267 e. The highest BCUT2D eigenvalue weighted by Crippen LogP contribution is 2.28. The van der Waals surface area contributed by atoms with Crippen LogP contribution < -0.4 is 15.6 Å². The van der Waals surface area contributed by atoms with Crippen molar-refractivity contribution in [3.63, 3.8) is 0 Å². The molecule has 0 bridgehead atoms. The van der Waals surface area contributed by atoms with Crippen LogP contribution in [-0.4, -0.2) is 23.6 Å². The van der Waals surface area contributed by atoms with E-state index in [0.717, 1.165) is 17.3 Å². The number of nitrogens with one attached hydrogen (secondary N) is 1. The van der Waals surface area contributed by atoms with Gasteiger partial charge in [0, 0.05) is 11.9 Å². The van der Waals surface area contributed by atoms with Gasteiger partial charge in [0.25, 0.3) is 11.5 Å². The third kappa shape index (κ3) is 1.86. The molecule has 0 unspecified atom stereocenters. The first-order valence-corrected chi connectivity index (χ1v) is 6.80. The molecule has 2 aromatic rings. The molecule has 1 aliphatic heterocycles. The van der Waals surface area contributed by atoms with Gasteiger partial charge in [0.2, 0.25) is 0 Å². The van der Waals surface area contributed by atoms with Gasteiger partial charge in [-0.1, -0.05) is 19.1 Å². The van der Waals surface area contributed by atoms with Gasteiger partial charge >= 0.3 is 0 Å². The Morgan fingerprint density at radius 2 is 2.10 bits per heavy atom. The Balaban J connectivity index is 2.43. The monoisotopic (exact) mass is 272 g/mol. The fourth-order valence-electron chi connectivity index (χ4n) is 2.58. The number of aryl methyl sites for hydroxylation is 1. The van der Waals surface area contributed by atoms with Crippen molar-refractivity contribution in [1.29, 1.82) is 0 Å². The molecular formula is C15H16N2O3. The highest BCUT2D eigenvalue weighted by Gasteiger charge is 2.25. The zero-order valence-corrected chi connectivity index (χ0v) is 11.3. The van der Waals surface area contributed by atoms with Crippen molar-refractivity contribution in [2.45, 2.75) is 19.9 Å². The maximum Gasteiger partial charge on any atom is 0.267 e. The highest BCUT2D eigenvalue weighted by molar-refractivity contribution is 6.02. The van der Waals surface area contributed by atoms with Crippen LogP contribution in [0.5, 0.6) is 5.75 Å². The molecule has 0 fully saturated rings. The summed E-state index contributed by atoms with van der Waals surface area (Å²) in [5.41, 5.74) is 0.655. The Kier molecular flexibility index (Phi) is 3.18. The van der Waals surface area contributed by atoms with E-state index >= 15 is 0 Å². The van der Waals surface area contributed by atoms with Crippen molar-refractivity contribution in [3.8, 4) is 5.75 Å². The summed E-state index contributed by atoms with van der Waals surface area (Å²) in [6.45, 7) is 3.37. The summed E-state index contributed by atoms with van der Waals surface area (Å²) in [6.07, 6.45) is 0.825. The highest BCUT2D eigenvalue weighted by atomic mass is 16.5. The first-order chi connectivity index (χ1) is 9.74. The lowest BCUT2D eigenvalue weighted by molar-refractivity contribution is 0.0955. The summed E-state index contributed by atoms with van der Waals surface area (Å²) in [5.74, 6) is 0.0612. The van der Waals surface area contributed by atoms with Crippen molar-refractivity contribution in [2.24, 2.45) is 0 Å². The number of hydrogen-bond acceptors (Lipinski definition) is 3. The summed E-state index contributed by atoms with van der Waals surface area (Å²) in [4.78, 5) is 24.7. The average molecular weight is 272 g/mol. The van der Waals surface area contributed by atoms with Crippen LogP contribution in [-0.2, 0) is 6.54 Å².